The topological polar surface area (TPSA) is 36.3 Å². The molecule has 24 heavy (non-hydrogen) atoms. The van der Waals surface area contributed by atoms with Gasteiger partial charge in [-0.25, -0.2) is 4.98 Å². The highest BCUT2D eigenvalue weighted by Gasteiger charge is 2.18. The smallest absolute Gasteiger partial charge is 0.231 e. The number of imidazole rings is 1. The Balaban J connectivity index is 1.64. The highest BCUT2D eigenvalue weighted by molar-refractivity contribution is 9.10. The number of ether oxygens (including phenoxy) is 2. The molecule has 0 N–H and O–H groups in total. The highest BCUT2D eigenvalue weighted by Crippen LogP contribution is 2.36. The maximum Gasteiger partial charge on any atom is 0.231 e. The molecule has 0 saturated heterocycles. The molecule has 0 fully saturated rings. The normalized spacial score (nSPS) is 12.6. The SMILES string of the molecule is Cn1c(Br)nc(Cc2ccc3c(c2)OCO3)c1Sc1ccccc1. The summed E-state index contributed by atoms with van der Waals surface area (Å²) < 4.78 is 13.7. The fourth-order valence-corrected chi connectivity index (χ4v) is 4.08. The molecule has 0 radical (unpaired) electrons. The van der Waals surface area contributed by atoms with E-state index in [1.165, 1.54) is 4.90 Å². The highest BCUT2D eigenvalue weighted by atomic mass is 79.9. The van der Waals surface area contributed by atoms with Crippen molar-refractivity contribution in [3.05, 3.63) is 64.5 Å². The Morgan fingerprint density at radius 3 is 2.75 bits per heavy atom. The van der Waals surface area contributed by atoms with Crippen LogP contribution < -0.4 is 9.47 Å². The molecule has 4 nitrogen and oxygen atoms in total. The predicted octanol–water partition coefficient (Wildman–Crippen LogP) is 4.65. The zero-order valence-corrected chi connectivity index (χ0v) is 15.4. The van der Waals surface area contributed by atoms with Gasteiger partial charge in [0.1, 0.15) is 5.03 Å². The number of hydrogen-bond acceptors (Lipinski definition) is 4. The lowest BCUT2D eigenvalue weighted by Crippen LogP contribution is -1.94. The van der Waals surface area contributed by atoms with Gasteiger partial charge in [0.2, 0.25) is 6.79 Å². The molecule has 0 bridgehead atoms. The summed E-state index contributed by atoms with van der Waals surface area (Å²) in [5, 5.41) is 1.13. The monoisotopic (exact) mass is 402 g/mol. The van der Waals surface area contributed by atoms with Crippen molar-refractivity contribution in [2.75, 3.05) is 6.79 Å². The molecule has 0 amide bonds. The first-order valence-electron chi connectivity index (χ1n) is 7.53. The van der Waals surface area contributed by atoms with Crippen LogP contribution in [-0.4, -0.2) is 16.3 Å². The summed E-state index contributed by atoms with van der Waals surface area (Å²) >= 11 is 5.26. The molecule has 1 aliphatic rings. The average Bonchev–Trinajstić information content (AvgIpc) is 3.16. The lowest BCUT2D eigenvalue weighted by atomic mass is 10.1. The Hall–Kier alpha value is -1.92. The van der Waals surface area contributed by atoms with Gasteiger partial charge in [-0.05, 0) is 45.8 Å². The fraction of sp³-hybridized carbons (Fsp3) is 0.167. The summed E-state index contributed by atoms with van der Waals surface area (Å²) in [6, 6.07) is 16.4. The summed E-state index contributed by atoms with van der Waals surface area (Å²) in [7, 11) is 2.02. The van der Waals surface area contributed by atoms with Gasteiger partial charge in [-0.15, -0.1) is 0 Å². The molecule has 0 unspecified atom stereocenters. The summed E-state index contributed by atoms with van der Waals surface area (Å²) in [4.78, 5) is 5.88. The Kier molecular flexibility index (Phi) is 4.24. The first-order chi connectivity index (χ1) is 11.7. The van der Waals surface area contributed by atoms with Crippen LogP contribution in [0.5, 0.6) is 11.5 Å². The molecule has 3 aromatic rings. The summed E-state index contributed by atoms with van der Waals surface area (Å²) in [6.07, 6.45) is 0.741. The maximum absolute atomic E-state index is 5.47. The fourth-order valence-electron chi connectivity index (χ4n) is 2.60. The van der Waals surface area contributed by atoms with Gasteiger partial charge in [-0.1, -0.05) is 36.0 Å². The first kappa shape index (κ1) is 15.6. The van der Waals surface area contributed by atoms with Crippen molar-refractivity contribution in [1.29, 1.82) is 0 Å². The molecular weight excluding hydrogens is 388 g/mol. The van der Waals surface area contributed by atoms with Crippen LogP contribution in [0.3, 0.4) is 0 Å². The van der Waals surface area contributed by atoms with E-state index in [2.05, 4.69) is 43.7 Å². The van der Waals surface area contributed by atoms with Crippen molar-refractivity contribution >= 4 is 27.7 Å². The Labute approximate surface area is 152 Å². The van der Waals surface area contributed by atoms with Gasteiger partial charge in [0.05, 0.1) is 5.69 Å². The predicted molar refractivity (Wildman–Crippen MR) is 96.8 cm³/mol. The summed E-state index contributed by atoms with van der Waals surface area (Å²) in [5.41, 5.74) is 2.19. The van der Waals surface area contributed by atoms with Crippen LogP contribution in [0, 0.1) is 0 Å². The van der Waals surface area contributed by atoms with Crippen LogP contribution >= 0.6 is 27.7 Å². The van der Waals surface area contributed by atoms with Crippen LogP contribution in [0.1, 0.15) is 11.3 Å². The maximum atomic E-state index is 5.47. The molecule has 0 atom stereocenters. The van der Waals surface area contributed by atoms with Gasteiger partial charge in [0.25, 0.3) is 0 Å². The van der Waals surface area contributed by atoms with Crippen LogP contribution in [0.4, 0.5) is 0 Å². The molecule has 1 aromatic heterocycles. The summed E-state index contributed by atoms with van der Waals surface area (Å²) in [5.74, 6) is 1.61. The number of hydrogen-bond donors (Lipinski definition) is 0. The van der Waals surface area contributed by atoms with Crippen LogP contribution in [0.15, 0.2) is 63.2 Å². The standard InChI is InChI=1S/C18H15BrN2O2S/c1-21-17(24-13-5-3-2-4-6-13)14(20-18(21)19)9-12-7-8-15-16(10-12)23-11-22-15/h2-8,10H,9,11H2,1H3. The zero-order chi connectivity index (χ0) is 16.5. The third-order valence-corrected chi connectivity index (χ3v) is 5.74. The molecule has 0 spiro atoms. The zero-order valence-electron chi connectivity index (χ0n) is 13.0. The van der Waals surface area contributed by atoms with Crippen molar-refractivity contribution in [2.24, 2.45) is 7.05 Å². The van der Waals surface area contributed by atoms with Crippen LogP contribution in [0.25, 0.3) is 0 Å². The third kappa shape index (κ3) is 3.03. The average molecular weight is 403 g/mol. The number of fused-ring (bicyclic) bond motifs is 1. The third-order valence-electron chi connectivity index (χ3n) is 3.82. The number of halogens is 1. The van der Waals surface area contributed by atoms with Gasteiger partial charge < -0.3 is 14.0 Å². The lowest BCUT2D eigenvalue weighted by Gasteiger charge is -2.07. The minimum absolute atomic E-state index is 0.295. The van der Waals surface area contributed by atoms with E-state index in [4.69, 9.17) is 9.47 Å². The van der Waals surface area contributed by atoms with Crippen molar-refractivity contribution in [2.45, 2.75) is 16.3 Å². The van der Waals surface area contributed by atoms with Crippen LogP contribution in [-0.2, 0) is 13.5 Å². The van der Waals surface area contributed by atoms with Gasteiger partial charge in [-0.2, -0.15) is 0 Å². The molecule has 0 aliphatic carbocycles. The molecule has 2 aromatic carbocycles. The van der Waals surface area contributed by atoms with Gasteiger partial charge in [0.15, 0.2) is 16.2 Å². The Morgan fingerprint density at radius 2 is 1.92 bits per heavy atom. The van der Waals surface area contributed by atoms with E-state index in [-0.39, 0.29) is 0 Å². The van der Waals surface area contributed by atoms with E-state index >= 15 is 0 Å². The number of rotatable bonds is 4. The van der Waals surface area contributed by atoms with E-state index in [1.807, 2.05) is 37.4 Å². The second-order valence-corrected chi connectivity index (χ2v) is 7.24. The first-order valence-corrected chi connectivity index (χ1v) is 9.14. The quantitative estimate of drug-likeness (QED) is 0.635. The number of benzene rings is 2. The van der Waals surface area contributed by atoms with Gasteiger partial charge in [0, 0.05) is 18.4 Å². The van der Waals surface area contributed by atoms with E-state index in [0.29, 0.717) is 6.79 Å². The van der Waals surface area contributed by atoms with E-state index in [9.17, 15) is 0 Å². The van der Waals surface area contributed by atoms with E-state index in [1.54, 1.807) is 11.8 Å². The van der Waals surface area contributed by atoms with Crippen molar-refractivity contribution in [3.8, 4) is 11.5 Å². The molecule has 122 valence electrons. The molecule has 1 aliphatic heterocycles. The molecular formula is C18H15BrN2O2S. The number of nitrogens with zero attached hydrogens (tertiary/aromatic N) is 2. The molecule has 0 saturated carbocycles. The van der Waals surface area contributed by atoms with E-state index < -0.39 is 0 Å². The molecule has 4 rings (SSSR count). The van der Waals surface area contributed by atoms with Crippen molar-refractivity contribution < 1.29 is 9.47 Å². The second kappa shape index (κ2) is 6.53. The lowest BCUT2D eigenvalue weighted by molar-refractivity contribution is 0.174. The van der Waals surface area contributed by atoms with Gasteiger partial charge >= 0.3 is 0 Å². The van der Waals surface area contributed by atoms with Crippen molar-refractivity contribution in [1.82, 2.24) is 9.55 Å². The van der Waals surface area contributed by atoms with Crippen molar-refractivity contribution in [3.63, 3.8) is 0 Å². The largest absolute Gasteiger partial charge is 0.454 e. The second-order valence-electron chi connectivity index (χ2n) is 5.47. The van der Waals surface area contributed by atoms with Crippen LogP contribution in [0.2, 0.25) is 0 Å². The van der Waals surface area contributed by atoms with Gasteiger partial charge in [-0.3, -0.25) is 0 Å². The minimum Gasteiger partial charge on any atom is -0.454 e. The Bertz CT molecular complexity index is 880. The Morgan fingerprint density at radius 1 is 1.12 bits per heavy atom. The molecule has 6 heteroatoms. The minimum atomic E-state index is 0.295. The molecule has 2 heterocycles. The summed E-state index contributed by atoms with van der Waals surface area (Å²) in [6.45, 7) is 0.295. The van der Waals surface area contributed by atoms with E-state index in [0.717, 1.165) is 38.9 Å². The number of aromatic nitrogens is 2.